The van der Waals surface area contributed by atoms with Gasteiger partial charge in [0.05, 0.1) is 37.4 Å². The van der Waals surface area contributed by atoms with Crippen LogP contribution in [0.1, 0.15) is 25.8 Å². The number of nitrogens with zero attached hydrogens (tertiary/aromatic N) is 3. The van der Waals surface area contributed by atoms with Gasteiger partial charge < -0.3 is 0 Å². The van der Waals surface area contributed by atoms with Crippen LogP contribution in [0.4, 0.5) is 18.9 Å². The highest BCUT2D eigenvalue weighted by molar-refractivity contribution is 7.92. The van der Waals surface area contributed by atoms with E-state index in [4.69, 9.17) is 11.6 Å². The lowest BCUT2D eigenvalue weighted by molar-refractivity contribution is 0.579. The third-order valence-corrected chi connectivity index (χ3v) is 7.86. The quantitative estimate of drug-likeness (QED) is 0.296. The molecule has 0 saturated heterocycles. The molecule has 0 aliphatic carbocycles. The number of benzene rings is 2. The highest BCUT2D eigenvalue weighted by atomic mass is 35.5. The van der Waals surface area contributed by atoms with Crippen molar-refractivity contribution in [1.29, 1.82) is 0 Å². The van der Waals surface area contributed by atoms with E-state index in [1.165, 1.54) is 29.7 Å². The van der Waals surface area contributed by atoms with Gasteiger partial charge in [0, 0.05) is 11.6 Å². The fourth-order valence-electron chi connectivity index (χ4n) is 3.13. The van der Waals surface area contributed by atoms with Crippen LogP contribution in [0.5, 0.6) is 0 Å². The zero-order valence-electron chi connectivity index (χ0n) is 18.6. The van der Waals surface area contributed by atoms with E-state index in [0.29, 0.717) is 15.6 Å². The van der Waals surface area contributed by atoms with Gasteiger partial charge in [-0.1, -0.05) is 26.8 Å². The fourth-order valence-corrected chi connectivity index (χ4v) is 5.47. The Balaban J connectivity index is 1.88. The Morgan fingerprint density at radius 3 is 2.43 bits per heavy atom. The molecule has 0 fully saturated rings. The van der Waals surface area contributed by atoms with Gasteiger partial charge in [-0.3, -0.25) is 4.72 Å². The summed E-state index contributed by atoms with van der Waals surface area (Å²) < 4.78 is 71.8. The lowest BCUT2D eigenvalue weighted by atomic mass is 9.98. The molecule has 4 aromatic rings. The van der Waals surface area contributed by atoms with E-state index < -0.39 is 49.0 Å². The zero-order chi connectivity index (χ0) is 25.5. The standard InChI is InChI=1S/C23H18ClF3N4O2S2/c1-23(2,3)21-30-19(20(34-21)16-9-10-28-22(24)29-16)17-14(26)7-8-15(18(17)27)31-35(32,33)13-6-4-5-12(25)11-13/h4-11,31H,1-3H3. The second kappa shape index (κ2) is 9.21. The van der Waals surface area contributed by atoms with Crippen molar-refractivity contribution in [3.63, 3.8) is 0 Å². The number of sulfonamides is 1. The molecule has 0 unspecified atom stereocenters. The van der Waals surface area contributed by atoms with Crippen molar-refractivity contribution >= 4 is 38.6 Å². The van der Waals surface area contributed by atoms with Crippen LogP contribution < -0.4 is 4.72 Å². The van der Waals surface area contributed by atoms with Gasteiger partial charge in [-0.05, 0) is 48.0 Å². The van der Waals surface area contributed by atoms with Crippen molar-refractivity contribution in [1.82, 2.24) is 15.0 Å². The number of anilines is 1. The first-order valence-corrected chi connectivity index (χ1v) is 12.8. The highest BCUT2D eigenvalue weighted by Gasteiger charge is 2.29. The lowest BCUT2D eigenvalue weighted by Gasteiger charge is -2.14. The van der Waals surface area contributed by atoms with Crippen LogP contribution in [0.3, 0.4) is 0 Å². The molecule has 2 aromatic carbocycles. The van der Waals surface area contributed by atoms with Gasteiger partial charge in [0.1, 0.15) is 11.6 Å². The molecule has 0 saturated carbocycles. The number of rotatable bonds is 5. The van der Waals surface area contributed by atoms with Crippen LogP contribution in [0.25, 0.3) is 21.8 Å². The van der Waals surface area contributed by atoms with Gasteiger partial charge in [-0.2, -0.15) is 0 Å². The Morgan fingerprint density at radius 1 is 1.03 bits per heavy atom. The maximum Gasteiger partial charge on any atom is 0.262 e. The minimum Gasteiger partial charge on any atom is -0.277 e. The smallest absolute Gasteiger partial charge is 0.262 e. The molecule has 4 rings (SSSR count). The summed E-state index contributed by atoms with van der Waals surface area (Å²) in [5.41, 5.74) is -1.28. The zero-order valence-corrected chi connectivity index (χ0v) is 21.0. The maximum atomic E-state index is 15.7. The summed E-state index contributed by atoms with van der Waals surface area (Å²) in [5.74, 6) is -2.92. The molecule has 1 N–H and O–H groups in total. The first kappa shape index (κ1) is 25.1. The second-order valence-electron chi connectivity index (χ2n) is 8.50. The minimum absolute atomic E-state index is 0.0586. The summed E-state index contributed by atoms with van der Waals surface area (Å²) in [4.78, 5) is 12.4. The molecule has 35 heavy (non-hydrogen) atoms. The average Bonchev–Trinajstić information content (AvgIpc) is 3.21. The van der Waals surface area contributed by atoms with Crippen LogP contribution in [0.2, 0.25) is 5.28 Å². The normalized spacial score (nSPS) is 12.1. The van der Waals surface area contributed by atoms with E-state index in [1.54, 1.807) is 0 Å². The molecular formula is C23H18ClF3N4O2S2. The molecule has 6 nitrogen and oxygen atoms in total. The van der Waals surface area contributed by atoms with Gasteiger partial charge in [0.2, 0.25) is 5.28 Å². The lowest BCUT2D eigenvalue weighted by Crippen LogP contribution is -2.15. The van der Waals surface area contributed by atoms with Crippen LogP contribution in [0.15, 0.2) is 53.6 Å². The molecule has 182 valence electrons. The number of aromatic nitrogens is 3. The van der Waals surface area contributed by atoms with Crippen molar-refractivity contribution in [2.75, 3.05) is 4.72 Å². The summed E-state index contributed by atoms with van der Waals surface area (Å²) in [6, 6.07) is 7.63. The number of halogens is 4. The predicted molar refractivity (Wildman–Crippen MR) is 129 cm³/mol. The van der Waals surface area contributed by atoms with E-state index in [0.717, 1.165) is 30.3 Å². The van der Waals surface area contributed by atoms with Crippen molar-refractivity contribution in [2.24, 2.45) is 0 Å². The largest absolute Gasteiger partial charge is 0.277 e. The van der Waals surface area contributed by atoms with Crippen LogP contribution >= 0.6 is 22.9 Å². The SMILES string of the molecule is CC(C)(C)c1nc(-c2c(F)ccc(NS(=O)(=O)c3cccc(F)c3)c2F)c(-c2ccnc(Cl)n2)s1. The topological polar surface area (TPSA) is 84.8 Å². The van der Waals surface area contributed by atoms with Gasteiger partial charge in [-0.25, -0.2) is 36.5 Å². The van der Waals surface area contributed by atoms with E-state index >= 15 is 8.78 Å². The number of hydrogen-bond acceptors (Lipinski definition) is 6. The van der Waals surface area contributed by atoms with Gasteiger partial charge in [-0.15, -0.1) is 11.3 Å². The molecular weight excluding hydrogens is 521 g/mol. The Hall–Kier alpha value is -3.02. The first-order valence-electron chi connectivity index (χ1n) is 10.1. The number of nitrogens with one attached hydrogen (secondary N) is 1. The Bertz CT molecular complexity index is 1540. The summed E-state index contributed by atoms with van der Waals surface area (Å²) in [5, 5.41) is 0.512. The summed E-state index contributed by atoms with van der Waals surface area (Å²) in [6.45, 7) is 5.67. The highest BCUT2D eigenvalue weighted by Crippen LogP contribution is 2.43. The van der Waals surface area contributed by atoms with Gasteiger partial charge >= 0.3 is 0 Å². The van der Waals surface area contributed by atoms with E-state index in [9.17, 15) is 12.8 Å². The van der Waals surface area contributed by atoms with E-state index in [-0.39, 0.29) is 11.0 Å². The molecule has 0 bridgehead atoms. The molecule has 2 heterocycles. The van der Waals surface area contributed by atoms with Crippen molar-refractivity contribution in [3.8, 4) is 21.8 Å². The molecule has 0 amide bonds. The monoisotopic (exact) mass is 538 g/mol. The van der Waals surface area contributed by atoms with E-state index in [2.05, 4.69) is 19.7 Å². The molecule has 0 radical (unpaired) electrons. The molecule has 2 aromatic heterocycles. The molecule has 0 aliphatic rings. The average molecular weight is 539 g/mol. The predicted octanol–water partition coefficient (Wildman–Crippen LogP) is 6.44. The third-order valence-electron chi connectivity index (χ3n) is 4.81. The van der Waals surface area contributed by atoms with Crippen molar-refractivity contribution < 1.29 is 21.6 Å². The number of thiazole rings is 1. The Labute approximate surface area is 208 Å². The van der Waals surface area contributed by atoms with Crippen molar-refractivity contribution in [2.45, 2.75) is 31.1 Å². The van der Waals surface area contributed by atoms with Crippen LogP contribution in [-0.4, -0.2) is 23.4 Å². The Kier molecular flexibility index (Phi) is 6.60. The summed E-state index contributed by atoms with van der Waals surface area (Å²) in [6.07, 6.45) is 1.40. The second-order valence-corrected chi connectivity index (χ2v) is 11.5. The van der Waals surface area contributed by atoms with Gasteiger partial charge in [0.25, 0.3) is 10.0 Å². The summed E-state index contributed by atoms with van der Waals surface area (Å²) >= 11 is 7.11. The van der Waals surface area contributed by atoms with Crippen LogP contribution in [-0.2, 0) is 15.4 Å². The Morgan fingerprint density at radius 2 is 1.77 bits per heavy atom. The van der Waals surface area contributed by atoms with E-state index in [1.807, 2.05) is 20.8 Å². The number of hydrogen-bond donors (Lipinski definition) is 1. The minimum atomic E-state index is -4.36. The van der Waals surface area contributed by atoms with Gasteiger partial charge in [0.15, 0.2) is 5.82 Å². The third kappa shape index (κ3) is 5.16. The molecule has 0 atom stereocenters. The summed E-state index contributed by atoms with van der Waals surface area (Å²) in [7, 11) is -4.36. The van der Waals surface area contributed by atoms with Crippen LogP contribution in [0, 0.1) is 17.5 Å². The molecule has 12 heteroatoms. The molecule has 0 spiro atoms. The fraction of sp³-hybridized carbons (Fsp3) is 0.174. The van der Waals surface area contributed by atoms with Crippen molar-refractivity contribution in [3.05, 3.63) is 76.4 Å². The first-order chi connectivity index (χ1) is 16.4. The molecule has 0 aliphatic heterocycles. The maximum absolute atomic E-state index is 15.7.